The average molecular weight is 241 g/mol. The van der Waals surface area contributed by atoms with E-state index in [0.29, 0.717) is 0 Å². The zero-order valence-corrected chi connectivity index (χ0v) is 12.6. The summed E-state index contributed by atoms with van der Waals surface area (Å²) in [5.41, 5.74) is 0. The van der Waals surface area contributed by atoms with Crippen molar-refractivity contribution in [1.29, 1.82) is 0 Å². The van der Waals surface area contributed by atoms with Crippen molar-refractivity contribution in [2.24, 2.45) is 0 Å². The summed E-state index contributed by atoms with van der Waals surface area (Å²) in [4.78, 5) is 0. The molecule has 0 saturated carbocycles. The Labute approximate surface area is 110 Å². The number of hydrogen-bond donors (Lipinski definition) is 1. The molecule has 1 nitrogen and oxygen atoms in total. The molecule has 104 valence electrons. The van der Waals surface area contributed by atoms with Crippen LogP contribution in [-0.2, 0) is 0 Å². The van der Waals surface area contributed by atoms with Gasteiger partial charge in [-0.25, -0.2) is 0 Å². The van der Waals surface area contributed by atoms with Crippen LogP contribution in [0.2, 0.25) is 0 Å². The summed E-state index contributed by atoms with van der Waals surface area (Å²) >= 11 is 0. The Morgan fingerprint density at radius 3 is 1.82 bits per heavy atom. The van der Waals surface area contributed by atoms with Gasteiger partial charge in [-0.15, -0.1) is 0 Å². The lowest BCUT2D eigenvalue weighted by Crippen LogP contribution is -2.26. The van der Waals surface area contributed by atoms with Crippen molar-refractivity contribution in [2.45, 2.75) is 97.4 Å². The van der Waals surface area contributed by atoms with Gasteiger partial charge in [0.05, 0.1) is 0 Å². The minimum Gasteiger partial charge on any atom is -0.314 e. The van der Waals surface area contributed by atoms with Gasteiger partial charge in [0.1, 0.15) is 0 Å². The standard InChI is InChI=1S/C16H35N/c1-4-6-8-10-12-14-16(3)17-15-13-11-9-7-5-2/h16-17H,4-15H2,1-3H3. The van der Waals surface area contributed by atoms with Gasteiger partial charge in [-0.05, 0) is 26.3 Å². The topological polar surface area (TPSA) is 12.0 Å². The fourth-order valence-corrected chi connectivity index (χ4v) is 2.23. The van der Waals surface area contributed by atoms with Crippen molar-refractivity contribution < 1.29 is 0 Å². The van der Waals surface area contributed by atoms with Crippen LogP contribution in [-0.4, -0.2) is 12.6 Å². The first-order valence-electron chi connectivity index (χ1n) is 8.04. The first-order chi connectivity index (χ1) is 8.31. The summed E-state index contributed by atoms with van der Waals surface area (Å²) in [7, 11) is 0. The molecule has 0 bridgehead atoms. The fourth-order valence-electron chi connectivity index (χ4n) is 2.23. The smallest absolute Gasteiger partial charge is 0.00387 e. The second-order valence-corrected chi connectivity index (χ2v) is 5.47. The fraction of sp³-hybridized carbons (Fsp3) is 1.00. The van der Waals surface area contributed by atoms with Crippen LogP contribution in [0.25, 0.3) is 0 Å². The third-order valence-corrected chi connectivity index (χ3v) is 3.51. The lowest BCUT2D eigenvalue weighted by atomic mass is 10.1. The van der Waals surface area contributed by atoms with Gasteiger partial charge >= 0.3 is 0 Å². The summed E-state index contributed by atoms with van der Waals surface area (Å²) in [5, 5.41) is 3.65. The Balaban J connectivity index is 3.09. The molecule has 0 aromatic carbocycles. The van der Waals surface area contributed by atoms with E-state index in [9.17, 15) is 0 Å². The predicted octanol–water partition coefficient (Wildman–Crippen LogP) is 5.30. The summed E-state index contributed by atoms with van der Waals surface area (Å²) < 4.78 is 0. The highest BCUT2D eigenvalue weighted by atomic mass is 14.9. The maximum atomic E-state index is 3.65. The largest absolute Gasteiger partial charge is 0.314 e. The molecule has 0 fully saturated rings. The van der Waals surface area contributed by atoms with Gasteiger partial charge in [0.15, 0.2) is 0 Å². The molecule has 0 aliphatic heterocycles. The van der Waals surface area contributed by atoms with Crippen LogP contribution in [0, 0.1) is 0 Å². The van der Waals surface area contributed by atoms with Crippen molar-refractivity contribution in [2.75, 3.05) is 6.54 Å². The van der Waals surface area contributed by atoms with Gasteiger partial charge in [-0.2, -0.15) is 0 Å². The lowest BCUT2D eigenvalue weighted by molar-refractivity contribution is 0.468. The van der Waals surface area contributed by atoms with Crippen LogP contribution in [0.4, 0.5) is 0 Å². The minimum absolute atomic E-state index is 0.725. The SMILES string of the molecule is CCCCCCCNC(C)CCCCCCC. The van der Waals surface area contributed by atoms with Crippen LogP contribution in [0.5, 0.6) is 0 Å². The van der Waals surface area contributed by atoms with Gasteiger partial charge < -0.3 is 5.32 Å². The maximum Gasteiger partial charge on any atom is 0.00387 e. The Bertz CT molecular complexity index is 133. The van der Waals surface area contributed by atoms with E-state index in [1.165, 1.54) is 77.2 Å². The van der Waals surface area contributed by atoms with E-state index in [1.54, 1.807) is 0 Å². The Kier molecular flexibility index (Phi) is 14.0. The molecule has 0 radical (unpaired) electrons. The molecule has 17 heavy (non-hydrogen) atoms. The molecule has 1 unspecified atom stereocenters. The number of hydrogen-bond acceptors (Lipinski definition) is 1. The first-order valence-corrected chi connectivity index (χ1v) is 8.04. The quantitative estimate of drug-likeness (QED) is 0.432. The lowest BCUT2D eigenvalue weighted by Gasteiger charge is -2.13. The van der Waals surface area contributed by atoms with E-state index < -0.39 is 0 Å². The van der Waals surface area contributed by atoms with E-state index in [4.69, 9.17) is 0 Å². The monoisotopic (exact) mass is 241 g/mol. The zero-order chi connectivity index (χ0) is 12.8. The van der Waals surface area contributed by atoms with Gasteiger partial charge in [-0.1, -0.05) is 71.6 Å². The van der Waals surface area contributed by atoms with Crippen molar-refractivity contribution in [3.8, 4) is 0 Å². The van der Waals surface area contributed by atoms with Crippen molar-refractivity contribution in [3.63, 3.8) is 0 Å². The van der Waals surface area contributed by atoms with Gasteiger partial charge in [0.2, 0.25) is 0 Å². The maximum absolute atomic E-state index is 3.65. The van der Waals surface area contributed by atoms with Crippen LogP contribution in [0.3, 0.4) is 0 Å². The minimum atomic E-state index is 0.725. The zero-order valence-electron chi connectivity index (χ0n) is 12.6. The van der Waals surface area contributed by atoms with E-state index in [1.807, 2.05) is 0 Å². The van der Waals surface area contributed by atoms with E-state index in [2.05, 4.69) is 26.1 Å². The number of nitrogens with one attached hydrogen (secondary N) is 1. The van der Waals surface area contributed by atoms with Crippen LogP contribution in [0.1, 0.15) is 91.4 Å². The molecule has 0 aromatic heterocycles. The molecule has 0 saturated heterocycles. The van der Waals surface area contributed by atoms with Crippen molar-refractivity contribution in [1.82, 2.24) is 5.32 Å². The summed E-state index contributed by atoms with van der Waals surface area (Å²) in [6.45, 7) is 8.12. The molecule has 0 aliphatic carbocycles. The average Bonchev–Trinajstić information content (AvgIpc) is 2.33. The van der Waals surface area contributed by atoms with Crippen LogP contribution in [0.15, 0.2) is 0 Å². The van der Waals surface area contributed by atoms with E-state index >= 15 is 0 Å². The first kappa shape index (κ1) is 17.0. The highest BCUT2D eigenvalue weighted by Gasteiger charge is 2.00. The summed E-state index contributed by atoms with van der Waals surface area (Å²) in [5.74, 6) is 0. The molecule has 0 spiro atoms. The second kappa shape index (κ2) is 14.0. The van der Waals surface area contributed by atoms with Gasteiger partial charge in [-0.3, -0.25) is 0 Å². The highest BCUT2D eigenvalue weighted by Crippen LogP contribution is 2.07. The Morgan fingerprint density at radius 1 is 0.706 bits per heavy atom. The van der Waals surface area contributed by atoms with E-state index in [-0.39, 0.29) is 0 Å². The molecule has 0 rings (SSSR count). The molecule has 1 atom stereocenters. The number of unbranched alkanes of at least 4 members (excludes halogenated alkanes) is 8. The predicted molar refractivity (Wildman–Crippen MR) is 79.6 cm³/mol. The van der Waals surface area contributed by atoms with Gasteiger partial charge in [0.25, 0.3) is 0 Å². The third-order valence-electron chi connectivity index (χ3n) is 3.51. The Morgan fingerprint density at radius 2 is 1.24 bits per heavy atom. The van der Waals surface area contributed by atoms with E-state index in [0.717, 1.165) is 6.04 Å². The molecule has 1 heteroatoms. The summed E-state index contributed by atoms with van der Waals surface area (Å²) in [6, 6.07) is 0.725. The van der Waals surface area contributed by atoms with Crippen LogP contribution < -0.4 is 5.32 Å². The third kappa shape index (κ3) is 13.9. The van der Waals surface area contributed by atoms with Crippen molar-refractivity contribution in [3.05, 3.63) is 0 Å². The normalized spacial score (nSPS) is 12.9. The highest BCUT2D eigenvalue weighted by molar-refractivity contribution is 4.60. The summed E-state index contributed by atoms with van der Waals surface area (Å²) in [6.07, 6.45) is 15.3. The Hall–Kier alpha value is -0.0400. The van der Waals surface area contributed by atoms with Crippen LogP contribution >= 0.6 is 0 Å². The molecule has 0 aromatic rings. The second-order valence-electron chi connectivity index (χ2n) is 5.47. The molecular weight excluding hydrogens is 206 g/mol. The molecule has 0 aliphatic rings. The number of rotatable bonds is 13. The molecule has 0 amide bonds. The molecular formula is C16H35N. The van der Waals surface area contributed by atoms with Crippen molar-refractivity contribution >= 4 is 0 Å². The molecule has 1 N–H and O–H groups in total. The van der Waals surface area contributed by atoms with Gasteiger partial charge in [0, 0.05) is 6.04 Å². The molecule has 0 heterocycles.